The number of halogens is 1. The highest BCUT2D eigenvalue weighted by atomic mass is 35.5. The first-order valence-electron chi connectivity index (χ1n) is 7.28. The summed E-state index contributed by atoms with van der Waals surface area (Å²) in [6.07, 6.45) is 0. The van der Waals surface area contributed by atoms with Crippen LogP contribution in [0.25, 0.3) is 0 Å². The molecule has 0 saturated heterocycles. The Morgan fingerprint density at radius 2 is 2.16 bits per heavy atom. The van der Waals surface area contributed by atoms with Crippen LogP contribution in [0, 0.1) is 10.1 Å². The lowest BCUT2D eigenvalue weighted by atomic mass is 10.3. The molecule has 1 heterocycles. The van der Waals surface area contributed by atoms with Crippen molar-refractivity contribution in [2.75, 3.05) is 42.7 Å². The van der Waals surface area contributed by atoms with Crippen molar-refractivity contribution in [2.45, 2.75) is 0 Å². The highest BCUT2D eigenvalue weighted by Crippen LogP contribution is 2.31. The number of nitrogens with one attached hydrogen (secondary N) is 2. The molecule has 11 heteroatoms. The number of rotatable bonds is 9. The van der Waals surface area contributed by atoms with Gasteiger partial charge in [0, 0.05) is 17.3 Å². The second-order valence-corrected chi connectivity index (χ2v) is 5.22. The largest absolute Gasteiger partial charge is 0.394 e. The zero-order valence-electron chi connectivity index (χ0n) is 13.1. The van der Waals surface area contributed by atoms with Gasteiger partial charge in [0.1, 0.15) is 0 Å². The quantitative estimate of drug-likeness (QED) is 0.295. The van der Waals surface area contributed by atoms with Crippen molar-refractivity contribution in [3.63, 3.8) is 0 Å². The number of aliphatic hydroxyl groups is 1. The van der Waals surface area contributed by atoms with Crippen molar-refractivity contribution in [2.24, 2.45) is 0 Å². The average molecular weight is 369 g/mol. The first-order chi connectivity index (χ1) is 12.0. The standard InChI is InChI=1S/C14H17ClN6O4/c15-9-2-1-3-10(8-9)18-13-11(21(23)24)12(16)19-14(20-13)17-4-6-25-7-5-22/h1-3,8,22H,4-7H2,(H4,16,17,18,19,20). The van der Waals surface area contributed by atoms with E-state index in [1.54, 1.807) is 24.3 Å². The minimum Gasteiger partial charge on any atom is -0.394 e. The van der Waals surface area contributed by atoms with Gasteiger partial charge >= 0.3 is 5.69 Å². The molecule has 1 aromatic heterocycles. The van der Waals surface area contributed by atoms with Crippen LogP contribution in [-0.2, 0) is 4.74 Å². The number of nitro groups is 1. The van der Waals surface area contributed by atoms with Gasteiger partial charge in [-0.2, -0.15) is 9.97 Å². The summed E-state index contributed by atoms with van der Waals surface area (Å²) in [6, 6.07) is 6.65. The summed E-state index contributed by atoms with van der Waals surface area (Å²) in [4.78, 5) is 18.6. The molecule has 2 rings (SSSR count). The predicted molar refractivity (Wildman–Crippen MR) is 94.2 cm³/mol. The van der Waals surface area contributed by atoms with Gasteiger partial charge < -0.3 is 26.2 Å². The molecule has 0 saturated carbocycles. The summed E-state index contributed by atoms with van der Waals surface area (Å²) in [7, 11) is 0. The van der Waals surface area contributed by atoms with Gasteiger partial charge in [-0.15, -0.1) is 0 Å². The lowest BCUT2D eigenvalue weighted by Gasteiger charge is -2.11. The molecule has 0 amide bonds. The Hall–Kier alpha value is -2.69. The molecule has 0 aliphatic heterocycles. The van der Waals surface area contributed by atoms with E-state index in [0.29, 0.717) is 23.9 Å². The summed E-state index contributed by atoms with van der Waals surface area (Å²) < 4.78 is 5.10. The van der Waals surface area contributed by atoms with Crippen molar-refractivity contribution >= 4 is 40.6 Å². The van der Waals surface area contributed by atoms with Gasteiger partial charge in [0.2, 0.25) is 17.6 Å². The lowest BCUT2D eigenvalue weighted by Crippen LogP contribution is -2.15. The van der Waals surface area contributed by atoms with E-state index in [4.69, 9.17) is 27.2 Å². The summed E-state index contributed by atoms with van der Waals surface area (Å²) in [6.45, 7) is 0.785. The summed E-state index contributed by atoms with van der Waals surface area (Å²) in [5.74, 6) is -0.220. The Kier molecular flexibility index (Phi) is 6.69. The Labute approximate surface area is 148 Å². The SMILES string of the molecule is Nc1nc(NCCOCCO)nc(Nc2cccc(Cl)c2)c1[N+](=O)[O-]. The molecule has 0 spiro atoms. The average Bonchev–Trinajstić information content (AvgIpc) is 2.54. The molecule has 25 heavy (non-hydrogen) atoms. The number of aliphatic hydroxyl groups excluding tert-OH is 1. The Morgan fingerprint density at radius 3 is 2.84 bits per heavy atom. The van der Waals surface area contributed by atoms with E-state index in [1.165, 1.54) is 0 Å². The number of nitrogens with zero attached hydrogens (tertiary/aromatic N) is 3. The van der Waals surface area contributed by atoms with Crippen molar-refractivity contribution in [1.82, 2.24) is 9.97 Å². The zero-order valence-corrected chi connectivity index (χ0v) is 13.9. The van der Waals surface area contributed by atoms with Gasteiger partial charge in [-0.05, 0) is 18.2 Å². The maximum atomic E-state index is 11.3. The van der Waals surface area contributed by atoms with Crippen LogP contribution in [0.15, 0.2) is 24.3 Å². The number of aromatic nitrogens is 2. The maximum absolute atomic E-state index is 11.3. The van der Waals surface area contributed by atoms with Gasteiger partial charge in [-0.1, -0.05) is 17.7 Å². The molecular formula is C14H17ClN6O4. The molecular weight excluding hydrogens is 352 g/mol. The predicted octanol–water partition coefficient (Wildman–Crippen LogP) is 1.78. The number of benzene rings is 1. The smallest absolute Gasteiger partial charge is 0.353 e. The topological polar surface area (TPSA) is 148 Å². The number of hydrogen-bond donors (Lipinski definition) is 4. The van der Waals surface area contributed by atoms with E-state index in [0.717, 1.165) is 0 Å². The zero-order chi connectivity index (χ0) is 18.2. The van der Waals surface area contributed by atoms with Gasteiger partial charge in [-0.3, -0.25) is 10.1 Å². The normalized spacial score (nSPS) is 10.5. The van der Waals surface area contributed by atoms with Crippen LogP contribution in [0.3, 0.4) is 0 Å². The van der Waals surface area contributed by atoms with Crippen LogP contribution in [0.1, 0.15) is 0 Å². The van der Waals surface area contributed by atoms with Crippen molar-refractivity contribution in [1.29, 1.82) is 0 Å². The van der Waals surface area contributed by atoms with Crippen LogP contribution in [0.2, 0.25) is 5.02 Å². The highest BCUT2D eigenvalue weighted by molar-refractivity contribution is 6.30. The fourth-order valence-corrected chi connectivity index (χ4v) is 2.11. The minimum atomic E-state index is -0.656. The molecule has 0 aliphatic rings. The first-order valence-corrected chi connectivity index (χ1v) is 7.66. The number of nitrogen functional groups attached to an aromatic ring is 1. The van der Waals surface area contributed by atoms with E-state index < -0.39 is 10.6 Å². The third-order valence-corrected chi connectivity index (χ3v) is 3.18. The first kappa shape index (κ1) is 18.6. The van der Waals surface area contributed by atoms with Gasteiger partial charge in [-0.25, -0.2) is 0 Å². The Balaban J connectivity index is 2.21. The highest BCUT2D eigenvalue weighted by Gasteiger charge is 2.23. The lowest BCUT2D eigenvalue weighted by molar-refractivity contribution is -0.383. The van der Waals surface area contributed by atoms with E-state index in [2.05, 4.69) is 20.6 Å². The third kappa shape index (κ3) is 5.41. The Bertz CT molecular complexity index is 745. The van der Waals surface area contributed by atoms with Gasteiger partial charge in [0.05, 0.1) is 24.7 Å². The van der Waals surface area contributed by atoms with Crippen molar-refractivity contribution in [3.05, 3.63) is 39.4 Å². The van der Waals surface area contributed by atoms with Crippen LogP contribution in [0.4, 0.5) is 29.0 Å². The summed E-state index contributed by atoms with van der Waals surface area (Å²) in [5, 5.41) is 26.0. The molecule has 10 nitrogen and oxygen atoms in total. The van der Waals surface area contributed by atoms with Gasteiger partial charge in [0.25, 0.3) is 0 Å². The summed E-state index contributed by atoms with van der Waals surface area (Å²) in [5.41, 5.74) is 5.79. The second kappa shape index (κ2) is 8.97. The monoisotopic (exact) mass is 368 g/mol. The molecule has 0 atom stereocenters. The van der Waals surface area contributed by atoms with E-state index in [1.807, 2.05) is 0 Å². The molecule has 0 radical (unpaired) electrons. The summed E-state index contributed by atoms with van der Waals surface area (Å²) >= 11 is 5.91. The fraction of sp³-hybridized carbons (Fsp3) is 0.286. The number of nitrogens with two attached hydrogens (primary N) is 1. The molecule has 0 unspecified atom stereocenters. The van der Waals surface area contributed by atoms with E-state index >= 15 is 0 Å². The minimum absolute atomic E-state index is 0.0569. The van der Waals surface area contributed by atoms with Crippen LogP contribution < -0.4 is 16.4 Å². The van der Waals surface area contributed by atoms with Crippen LogP contribution in [-0.4, -0.2) is 46.4 Å². The maximum Gasteiger partial charge on any atom is 0.353 e. The van der Waals surface area contributed by atoms with Crippen molar-refractivity contribution in [3.8, 4) is 0 Å². The molecule has 2 aromatic rings. The molecule has 0 aliphatic carbocycles. The van der Waals surface area contributed by atoms with E-state index in [-0.39, 0.29) is 30.8 Å². The second-order valence-electron chi connectivity index (χ2n) is 4.78. The number of hydrogen-bond acceptors (Lipinski definition) is 9. The van der Waals surface area contributed by atoms with Crippen molar-refractivity contribution < 1.29 is 14.8 Å². The van der Waals surface area contributed by atoms with E-state index in [9.17, 15) is 10.1 Å². The number of ether oxygens (including phenoxy) is 1. The fourth-order valence-electron chi connectivity index (χ4n) is 1.92. The molecule has 1 aromatic carbocycles. The molecule has 134 valence electrons. The Morgan fingerprint density at radius 1 is 1.36 bits per heavy atom. The van der Waals surface area contributed by atoms with Gasteiger partial charge in [0.15, 0.2) is 0 Å². The third-order valence-electron chi connectivity index (χ3n) is 2.95. The number of anilines is 4. The molecule has 5 N–H and O–H groups in total. The molecule has 0 bridgehead atoms. The molecule has 0 fully saturated rings. The van der Waals surface area contributed by atoms with Crippen LogP contribution >= 0.6 is 11.6 Å². The van der Waals surface area contributed by atoms with Crippen LogP contribution in [0.5, 0.6) is 0 Å².